The molecule has 95 heavy (non-hydrogen) atoms. The normalized spacial score (nSPS) is 14.1. The Morgan fingerprint density at radius 1 is 0.263 bits per heavy atom. The van der Waals surface area contributed by atoms with Crippen LogP contribution < -0.4 is 0 Å². The molecule has 0 saturated heterocycles. The van der Waals surface area contributed by atoms with Crippen molar-refractivity contribution in [1.29, 1.82) is 0 Å². The molecule has 17 nitrogen and oxygen atoms in total. The van der Waals surface area contributed by atoms with Gasteiger partial charge in [0.25, 0.3) is 0 Å². The third-order valence-corrected chi connectivity index (χ3v) is 19.5. The first-order chi connectivity index (χ1) is 45.6. The van der Waals surface area contributed by atoms with Gasteiger partial charge in [-0.3, -0.25) is 37.3 Å². The molecule has 0 saturated carbocycles. The monoisotopic (exact) mass is 1400 g/mol. The van der Waals surface area contributed by atoms with Crippen molar-refractivity contribution in [3.8, 4) is 0 Å². The molecule has 564 valence electrons. The molecule has 2 unspecified atom stereocenters. The van der Waals surface area contributed by atoms with Crippen LogP contribution in [-0.4, -0.2) is 96.7 Å². The number of rotatable bonds is 73. The zero-order valence-corrected chi connectivity index (χ0v) is 64.1. The lowest BCUT2D eigenvalue weighted by Gasteiger charge is -2.21. The highest BCUT2D eigenvalue weighted by molar-refractivity contribution is 7.47. The minimum absolute atomic E-state index is 0.101. The predicted octanol–water partition coefficient (Wildman–Crippen LogP) is 22.0. The van der Waals surface area contributed by atoms with Gasteiger partial charge in [0, 0.05) is 25.7 Å². The number of phosphoric ester groups is 2. The zero-order valence-electron chi connectivity index (χ0n) is 62.3. The molecule has 0 bridgehead atoms. The van der Waals surface area contributed by atoms with Crippen LogP contribution in [0.15, 0.2) is 0 Å². The topological polar surface area (TPSA) is 237 Å². The number of phosphoric acid groups is 2. The average molecular weight is 1400 g/mol. The number of carbonyl (C=O) groups is 4. The molecule has 0 spiro atoms. The largest absolute Gasteiger partial charge is 0.472 e. The number of aliphatic hydroxyl groups is 1. The summed E-state index contributed by atoms with van der Waals surface area (Å²) in [6.45, 7) is 14.1. The number of ether oxygens (including phenoxy) is 4. The fourth-order valence-corrected chi connectivity index (χ4v) is 13.1. The van der Waals surface area contributed by atoms with Crippen molar-refractivity contribution in [2.75, 3.05) is 39.6 Å². The summed E-state index contributed by atoms with van der Waals surface area (Å²) in [6.07, 6.45) is 50.5. The van der Waals surface area contributed by atoms with Gasteiger partial charge in [-0.25, -0.2) is 9.13 Å². The summed E-state index contributed by atoms with van der Waals surface area (Å²) in [5.74, 6) is 0.832. The lowest BCUT2D eigenvalue weighted by molar-refractivity contribution is -0.161. The molecule has 0 aromatic carbocycles. The Balaban J connectivity index is 5.18. The number of aliphatic hydroxyl groups excluding tert-OH is 1. The maximum absolute atomic E-state index is 13.1. The Morgan fingerprint density at radius 3 is 0.653 bits per heavy atom. The molecule has 0 aliphatic rings. The summed E-state index contributed by atoms with van der Waals surface area (Å²) in [5, 5.41) is 10.6. The summed E-state index contributed by atoms with van der Waals surface area (Å²) in [5.41, 5.74) is 0. The van der Waals surface area contributed by atoms with Gasteiger partial charge in [-0.05, 0) is 49.4 Å². The second-order valence-corrected chi connectivity index (χ2v) is 32.2. The molecule has 5 atom stereocenters. The van der Waals surface area contributed by atoms with Crippen LogP contribution in [0.1, 0.15) is 383 Å². The van der Waals surface area contributed by atoms with E-state index in [0.29, 0.717) is 37.5 Å². The lowest BCUT2D eigenvalue weighted by Crippen LogP contribution is -2.30. The highest BCUT2D eigenvalue weighted by Gasteiger charge is 2.30. The number of unbranched alkanes of at least 4 members (excludes halogenated alkanes) is 39. The van der Waals surface area contributed by atoms with Crippen molar-refractivity contribution in [3.63, 3.8) is 0 Å². The number of esters is 4. The first-order valence-electron chi connectivity index (χ1n) is 39.2. The first-order valence-corrected chi connectivity index (χ1v) is 42.2. The molecule has 0 aliphatic heterocycles. The van der Waals surface area contributed by atoms with Crippen molar-refractivity contribution in [2.24, 2.45) is 23.7 Å². The van der Waals surface area contributed by atoms with Crippen molar-refractivity contribution >= 4 is 39.5 Å². The van der Waals surface area contributed by atoms with Gasteiger partial charge in [0.05, 0.1) is 26.4 Å². The van der Waals surface area contributed by atoms with Crippen LogP contribution in [0.3, 0.4) is 0 Å². The van der Waals surface area contributed by atoms with Gasteiger partial charge in [0.1, 0.15) is 19.3 Å². The van der Waals surface area contributed by atoms with Gasteiger partial charge < -0.3 is 33.8 Å². The van der Waals surface area contributed by atoms with E-state index in [-0.39, 0.29) is 25.7 Å². The molecule has 0 fully saturated rings. The van der Waals surface area contributed by atoms with Gasteiger partial charge in [-0.15, -0.1) is 0 Å². The third kappa shape index (κ3) is 70.3. The molecule has 3 N–H and O–H groups in total. The Hall–Kier alpha value is -1.94. The van der Waals surface area contributed by atoms with Gasteiger partial charge in [0.2, 0.25) is 0 Å². The molecule has 19 heteroatoms. The molecule has 0 heterocycles. The minimum Gasteiger partial charge on any atom is -0.462 e. The highest BCUT2D eigenvalue weighted by Crippen LogP contribution is 2.45. The zero-order chi connectivity index (χ0) is 70.3. The second-order valence-electron chi connectivity index (χ2n) is 29.3. The Kier molecular flexibility index (Phi) is 64.0. The van der Waals surface area contributed by atoms with Crippen molar-refractivity contribution in [2.45, 2.75) is 401 Å². The fourth-order valence-electron chi connectivity index (χ4n) is 11.6. The first kappa shape index (κ1) is 93.1. The SMILES string of the molecule is CC(C)CCCCCCCCCCCCCCCCCCCCC(=O)O[C@H](COC(=O)CCCCCCCCCCCCCCCC(C)C)COP(=O)(O)OC[C@@H](O)COP(=O)(O)OC[C@@H](COC(=O)CCCCCCCCC(C)C)OC(=O)CCCCCCCCC(C)C. The standard InChI is InChI=1S/C76H148O17P2/c1-66(2)52-44-36-28-24-20-16-13-11-9-10-12-14-18-23-27-31-42-50-58-75(80)92-71(62-86-73(78)56-48-40-30-26-22-19-15-17-21-25-29-37-45-53-67(3)4)64-90-94(82,83)88-60-70(77)61-89-95(84,85)91-65-72(93-76(81)59-51-43-35-33-39-47-55-69(7)8)63-87-74(79)57-49-41-34-32-38-46-54-68(5)6/h66-72,77H,9-65H2,1-8H3,(H,82,83)(H,84,85)/t70-,71-,72-/m1/s1. The van der Waals surface area contributed by atoms with Crippen LogP contribution in [0.25, 0.3) is 0 Å². The van der Waals surface area contributed by atoms with Gasteiger partial charge in [-0.2, -0.15) is 0 Å². The van der Waals surface area contributed by atoms with Crippen molar-refractivity contribution in [1.82, 2.24) is 0 Å². The summed E-state index contributed by atoms with van der Waals surface area (Å²) in [7, 11) is -9.91. The Morgan fingerprint density at radius 2 is 0.442 bits per heavy atom. The van der Waals surface area contributed by atoms with E-state index in [1.165, 1.54) is 180 Å². The van der Waals surface area contributed by atoms with E-state index in [2.05, 4.69) is 55.4 Å². The molecular weight excluding hydrogens is 1250 g/mol. The van der Waals surface area contributed by atoms with E-state index in [0.717, 1.165) is 108 Å². The predicted molar refractivity (Wildman–Crippen MR) is 386 cm³/mol. The van der Waals surface area contributed by atoms with Crippen LogP contribution in [0, 0.1) is 23.7 Å². The number of carbonyl (C=O) groups excluding carboxylic acids is 4. The van der Waals surface area contributed by atoms with Crippen LogP contribution in [-0.2, 0) is 65.4 Å². The highest BCUT2D eigenvalue weighted by atomic mass is 31.2. The molecule has 0 aliphatic carbocycles. The molecule has 0 aromatic heterocycles. The van der Waals surface area contributed by atoms with E-state index in [1.54, 1.807) is 0 Å². The number of hydrogen-bond donors (Lipinski definition) is 3. The average Bonchev–Trinajstić information content (AvgIpc) is 2.50. The van der Waals surface area contributed by atoms with E-state index < -0.39 is 97.5 Å². The minimum atomic E-state index is -4.96. The van der Waals surface area contributed by atoms with E-state index in [1.807, 2.05) is 0 Å². The number of hydrogen-bond acceptors (Lipinski definition) is 15. The van der Waals surface area contributed by atoms with Gasteiger partial charge >= 0.3 is 39.5 Å². The third-order valence-electron chi connectivity index (χ3n) is 17.6. The summed E-state index contributed by atoms with van der Waals surface area (Å²) in [4.78, 5) is 72.7. The molecule has 0 radical (unpaired) electrons. The van der Waals surface area contributed by atoms with Crippen LogP contribution in [0.2, 0.25) is 0 Å². The van der Waals surface area contributed by atoms with Crippen molar-refractivity contribution in [3.05, 3.63) is 0 Å². The summed E-state index contributed by atoms with van der Waals surface area (Å²) < 4.78 is 68.4. The van der Waals surface area contributed by atoms with Gasteiger partial charge in [0.15, 0.2) is 12.2 Å². The van der Waals surface area contributed by atoms with E-state index in [9.17, 15) is 43.2 Å². The lowest BCUT2D eigenvalue weighted by atomic mass is 10.0. The fraction of sp³-hybridized carbons (Fsp3) is 0.947. The van der Waals surface area contributed by atoms with Crippen LogP contribution in [0.5, 0.6) is 0 Å². The smallest absolute Gasteiger partial charge is 0.462 e. The Bertz CT molecular complexity index is 1870. The molecule has 0 amide bonds. The van der Waals surface area contributed by atoms with Gasteiger partial charge in [-0.1, -0.05) is 331 Å². The quantitative estimate of drug-likeness (QED) is 0.0222. The molecule has 0 rings (SSSR count). The van der Waals surface area contributed by atoms with E-state index >= 15 is 0 Å². The van der Waals surface area contributed by atoms with Crippen molar-refractivity contribution < 1.29 is 80.2 Å². The molecular formula is C76H148O17P2. The molecule has 0 aromatic rings. The summed E-state index contributed by atoms with van der Waals surface area (Å²) in [6, 6.07) is 0. The second kappa shape index (κ2) is 65.4. The van der Waals surface area contributed by atoms with E-state index in [4.69, 9.17) is 37.0 Å². The summed E-state index contributed by atoms with van der Waals surface area (Å²) >= 11 is 0. The van der Waals surface area contributed by atoms with Crippen LogP contribution >= 0.6 is 15.6 Å². The van der Waals surface area contributed by atoms with Crippen LogP contribution in [0.4, 0.5) is 0 Å². The Labute approximate surface area is 581 Å². The maximum Gasteiger partial charge on any atom is 0.472 e. The maximum atomic E-state index is 13.1.